The zero-order valence-electron chi connectivity index (χ0n) is 9.58. The molecule has 90 valence electrons. The molecule has 5 heteroatoms. The minimum atomic E-state index is 0.581. The summed E-state index contributed by atoms with van der Waals surface area (Å²) < 4.78 is 2.12. The van der Waals surface area contributed by atoms with Crippen molar-refractivity contribution in [1.29, 1.82) is 0 Å². The first-order chi connectivity index (χ1) is 9.31. The van der Waals surface area contributed by atoms with Crippen molar-refractivity contribution in [2.45, 2.75) is 0 Å². The van der Waals surface area contributed by atoms with Crippen LogP contribution in [0, 0.1) is 0 Å². The van der Waals surface area contributed by atoms with E-state index in [-0.39, 0.29) is 0 Å². The zero-order chi connectivity index (χ0) is 13.2. The van der Waals surface area contributed by atoms with Crippen molar-refractivity contribution >= 4 is 55.0 Å². The van der Waals surface area contributed by atoms with Gasteiger partial charge in [0.25, 0.3) is 0 Å². The van der Waals surface area contributed by atoms with Gasteiger partial charge in [-0.2, -0.15) is 9.98 Å². The van der Waals surface area contributed by atoms with E-state index < -0.39 is 0 Å². The molecule has 19 heavy (non-hydrogen) atoms. The number of thiophene rings is 1. The summed E-state index contributed by atoms with van der Waals surface area (Å²) >= 11 is 1.60. The molecule has 0 saturated carbocycles. The second-order valence-electron chi connectivity index (χ2n) is 3.87. The van der Waals surface area contributed by atoms with Gasteiger partial charge in [-0.1, -0.05) is 6.07 Å². The molecular formula is C14H6N2O2S. The van der Waals surface area contributed by atoms with Crippen LogP contribution in [0.5, 0.6) is 0 Å². The Morgan fingerprint density at radius 1 is 0.789 bits per heavy atom. The van der Waals surface area contributed by atoms with E-state index in [1.807, 2.05) is 24.3 Å². The van der Waals surface area contributed by atoms with E-state index in [1.165, 1.54) is 12.2 Å². The third-order valence-corrected chi connectivity index (χ3v) is 3.92. The normalized spacial score (nSPS) is 10.1. The fourth-order valence-corrected chi connectivity index (χ4v) is 3.12. The number of nitrogens with zero attached hydrogens (tertiary/aromatic N) is 2. The monoisotopic (exact) mass is 266 g/mol. The highest BCUT2D eigenvalue weighted by molar-refractivity contribution is 7.25. The number of fused-ring (bicyclic) bond motifs is 3. The van der Waals surface area contributed by atoms with Crippen molar-refractivity contribution in [3.05, 3.63) is 36.4 Å². The van der Waals surface area contributed by atoms with Crippen molar-refractivity contribution < 1.29 is 9.59 Å². The Morgan fingerprint density at radius 3 is 2.21 bits per heavy atom. The number of hydrogen-bond donors (Lipinski definition) is 0. The topological polar surface area (TPSA) is 58.9 Å². The summed E-state index contributed by atoms with van der Waals surface area (Å²) in [6.07, 6.45) is 3.07. The van der Waals surface area contributed by atoms with Crippen LogP contribution in [0.25, 0.3) is 20.2 Å². The average molecular weight is 266 g/mol. The summed E-state index contributed by atoms with van der Waals surface area (Å²) in [5.41, 5.74) is 1.16. The van der Waals surface area contributed by atoms with E-state index >= 15 is 0 Å². The van der Waals surface area contributed by atoms with Gasteiger partial charge in [-0.25, -0.2) is 9.59 Å². The molecule has 3 rings (SSSR count). The Kier molecular flexibility index (Phi) is 2.78. The second kappa shape index (κ2) is 4.59. The first-order valence-corrected chi connectivity index (χ1v) is 6.25. The number of hydrogen-bond acceptors (Lipinski definition) is 5. The largest absolute Gasteiger partial charge is 0.240 e. The van der Waals surface area contributed by atoms with E-state index in [0.717, 1.165) is 20.2 Å². The summed E-state index contributed by atoms with van der Waals surface area (Å²) in [6, 6.07) is 11.0. The minimum absolute atomic E-state index is 0.581. The maximum Gasteiger partial charge on any atom is 0.240 e. The Morgan fingerprint density at radius 2 is 1.47 bits per heavy atom. The number of benzene rings is 2. The summed E-state index contributed by atoms with van der Waals surface area (Å²) in [7, 11) is 0. The van der Waals surface area contributed by atoms with Gasteiger partial charge in [-0.15, -0.1) is 11.3 Å². The molecular weight excluding hydrogens is 260 g/mol. The van der Waals surface area contributed by atoms with Crippen LogP contribution < -0.4 is 0 Å². The quantitative estimate of drug-likeness (QED) is 0.520. The van der Waals surface area contributed by atoms with Gasteiger partial charge in [-0.3, -0.25) is 0 Å². The maximum absolute atomic E-state index is 10.3. The molecule has 2 aromatic carbocycles. The summed E-state index contributed by atoms with van der Waals surface area (Å²) in [4.78, 5) is 27.8. The smallest absolute Gasteiger partial charge is 0.211 e. The molecule has 0 fully saturated rings. The molecule has 3 aromatic rings. The van der Waals surface area contributed by atoms with E-state index in [9.17, 15) is 9.59 Å². The van der Waals surface area contributed by atoms with E-state index in [1.54, 1.807) is 23.5 Å². The molecule has 0 amide bonds. The molecule has 0 aliphatic carbocycles. The van der Waals surface area contributed by atoms with Gasteiger partial charge < -0.3 is 0 Å². The fourth-order valence-electron chi connectivity index (χ4n) is 2.00. The van der Waals surface area contributed by atoms with Gasteiger partial charge in [0.1, 0.15) is 0 Å². The standard InChI is InChI=1S/C14H6N2O2S/c17-7-15-9-2-4-13-12(5-9)11-3-1-10(16-8-18)6-14(11)19-13/h1-6H. The summed E-state index contributed by atoms with van der Waals surface area (Å²) in [6.45, 7) is 0. The van der Waals surface area contributed by atoms with Crippen LogP contribution in [-0.2, 0) is 9.59 Å². The molecule has 0 bridgehead atoms. The Hall–Kier alpha value is -2.58. The predicted molar refractivity (Wildman–Crippen MR) is 74.9 cm³/mol. The molecule has 0 saturated heterocycles. The Labute approximate surface area is 111 Å². The van der Waals surface area contributed by atoms with Crippen LogP contribution in [0.4, 0.5) is 11.4 Å². The summed E-state index contributed by atoms with van der Waals surface area (Å²) in [5, 5.41) is 2.07. The minimum Gasteiger partial charge on any atom is -0.211 e. The van der Waals surface area contributed by atoms with Gasteiger partial charge in [0.15, 0.2) is 0 Å². The maximum atomic E-state index is 10.3. The molecule has 0 N–H and O–H groups in total. The van der Waals surface area contributed by atoms with Crippen LogP contribution in [0.3, 0.4) is 0 Å². The fraction of sp³-hybridized carbons (Fsp3) is 0. The lowest BCUT2D eigenvalue weighted by Gasteiger charge is -1.94. The zero-order valence-corrected chi connectivity index (χ0v) is 10.4. The van der Waals surface area contributed by atoms with E-state index in [0.29, 0.717) is 11.4 Å². The van der Waals surface area contributed by atoms with Gasteiger partial charge in [0.05, 0.1) is 11.4 Å². The van der Waals surface area contributed by atoms with E-state index in [2.05, 4.69) is 9.98 Å². The molecule has 0 aliphatic heterocycles. The number of isocyanates is 2. The van der Waals surface area contributed by atoms with Gasteiger partial charge in [-0.05, 0) is 30.3 Å². The lowest BCUT2D eigenvalue weighted by Crippen LogP contribution is -1.68. The van der Waals surface area contributed by atoms with Crippen LogP contribution in [0.1, 0.15) is 0 Å². The first kappa shape index (κ1) is 11.5. The molecule has 4 nitrogen and oxygen atoms in total. The predicted octanol–water partition coefficient (Wildman–Crippen LogP) is 3.99. The molecule has 0 spiro atoms. The third-order valence-electron chi connectivity index (χ3n) is 2.79. The Balaban J connectivity index is 2.32. The number of carbonyl (C=O) groups excluding carboxylic acids is 2. The summed E-state index contributed by atoms with van der Waals surface area (Å²) in [5.74, 6) is 0. The highest BCUT2D eigenvalue weighted by Crippen LogP contribution is 2.37. The van der Waals surface area contributed by atoms with Crippen molar-refractivity contribution in [3.8, 4) is 0 Å². The van der Waals surface area contributed by atoms with Crippen LogP contribution in [-0.4, -0.2) is 12.2 Å². The molecule has 0 radical (unpaired) electrons. The van der Waals surface area contributed by atoms with Crippen molar-refractivity contribution in [3.63, 3.8) is 0 Å². The first-order valence-electron chi connectivity index (χ1n) is 5.44. The molecule has 1 aromatic heterocycles. The van der Waals surface area contributed by atoms with Crippen molar-refractivity contribution in [2.24, 2.45) is 9.98 Å². The number of rotatable bonds is 2. The SMILES string of the molecule is O=C=Nc1ccc2c(c1)sc1ccc(N=C=O)cc12. The molecule has 0 atom stereocenters. The lowest BCUT2D eigenvalue weighted by molar-refractivity contribution is 0.564. The van der Waals surface area contributed by atoms with Gasteiger partial charge in [0, 0.05) is 20.2 Å². The molecule has 1 heterocycles. The molecule has 0 aliphatic rings. The van der Waals surface area contributed by atoms with Crippen LogP contribution in [0.15, 0.2) is 46.4 Å². The van der Waals surface area contributed by atoms with Crippen molar-refractivity contribution in [1.82, 2.24) is 0 Å². The second-order valence-corrected chi connectivity index (χ2v) is 4.95. The Bertz CT molecular complexity index is 885. The van der Waals surface area contributed by atoms with Crippen molar-refractivity contribution in [2.75, 3.05) is 0 Å². The molecule has 0 unspecified atom stereocenters. The van der Waals surface area contributed by atoms with Gasteiger partial charge in [0.2, 0.25) is 12.2 Å². The van der Waals surface area contributed by atoms with Crippen LogP contribution in [0.2, 0.25) is 0 Å². The van der Waals surface area contributed by atoms with E-state index in [4.69, 9.17) is 0 Å². The lowest BCUT2D eigenvalue weighted by atomic mass is 10.1. The van der Waals surface area contributed by atoms with Crippen LogP contribution >= 0.6 is 11.3 Å². The third kappa shape index (κ3) is 1.98. The highest BCUT2D eigenvalue weighted by atomic mass is 32.1. The average Bonchev–Trinajstić information content (AvgIpc) is 2.77. The number of aliphatic imine (C=N–C) groups is 2. The highest BCUT2D eigenvalue weighted by Gasteiger charge is 2.06. The van der Waals surface area contributed by atoms with Gasteiger partial charge >= 0.3 is 0 Å².